The van der Waals surface area contributed by atoms with Gasteiger partial charge in [-0.1, -0.05) is 11.6 Å². The summed E-state index contributed by atoms with van der Waals surface area (Å²) in [6.07, 6.45) is 1.24. The topological polar surface area (TPSA) is 106 Å². The van der Waals surface area contributed by atoms with Crippen LogP contribution in [0.15, 0.2) is 36.5 Å². The zero-order valence-electron chi connectivity index (χ0n) is 13.3. The molecule has 0 unspecified atom stereocenters. The molecule has 1 saturated heterocycles. The van der Waals surface area contributed by atoms with Crippen LogP contribution in [0.5, 0.6) is 0 Å². The van der Waals surface area contributed by atoms with Gasteiger partial charge in [0.25, 0.3) is 11.6 Å². The van der Waals surface area contributed by atoms with Crippen molar-refractivity contribution in [3.8, 4) is 0 Å². The number of anilines is 2. The number of nitrogens with two attached hydrogens (primary N) is 1. The van der Waals surface area contributed by atoms with E-state index in [0.29, 0.717) is 48.3 Å². The second-order valence-electron chi connectivity index (χ2n) is 5.64. The fourth-order valence-corrected chi connectivity index (χ4v) is 2.87. The molecule has 0 spiro atoms. The van der Waals surface area contributed by atoms with Crippen LogP contribution < -0.4 is 10.6 Å². The van der Waals surface area contributed by atoms with Gasteiger partial charge in [-0.2, -0.15) is 0 Å². The third-order valence-corrected chi connectivity index (χ3v) is 4.31. The second-order valence-corrected chi connectivity index (χ2v) is 6.08. The summed E-state index contributed by atoms with van der Waals surface area (Å²) in [5.74, 6) is 0.497. The van der Waals surface area contributed by atoms with Gasteiger partial charge in [-0.15, -0.1) is 0 Å². The molecule has 1 fully saturated rings. The van der Waals surface area contributed by atoms with E-state index in [1.807, 2.05) is 4.90 Å². The first-order chi connectivity index (χ1) is 12.0. The van der Waals surface area contributed by atoms with Crippen molar-refractivity contribution in [2.24, 2.45) is 0 Å². The number of aromatic nitrogens is 1. The predicted molar refractivity (Wildman–Crippen MR) is 94.9 cm³/mol. The van der Waals surface area contributed by atoms with Crippen LogP contribution in [0.3, 0.4) is 0 Å². The highest BCUT2D eigenvalue weighted by Gasteiger charge is 2.24. The molecule has 0 saturated carbocycles. The van der Waals surface area contributed by atoms with Crippen LogP contribution in [0, 0.1) is 10.1 Å². The molecule has 130 valence electrons. The van der Waals surface area contributed by atoms with Crippen molar-refractivity contribution < 1.29 is 9.72 Å². The number of hydrogen-bond donors (Lipinski definition) is 1. The third-order valence-electron chi connectivity index (χ3n) is 4.08. The maximum atomic E-state index is 12.6. The van der Waals surface area contributed by atoms with Gasteiger partial charge in [0.15, 0.2) is 0 Å². The first-order valence-electron chi connectivity index (χ1n) is 7.65. The van der Waals surface area contributed by atoms with Crippen molar-refractivity contribution in [2.75, 3.05) is 36.8 Å². The van der Waals surface area contributed by atoms with Gasteiger partial charge in [0.05, 0.1) is 10.5 Å². The second kappa shape index (κ2) is 6.94. The minimum absolute atomic E-state index is 0.0472. The number of halogens is 1. The smallest absolute Gasteiger partial charge is 0.287 e. The van der Waals surface area contributed by atoms with Crippen LogP contribution in [0.25, 0.3) is 0 Å². The van der Waals surface area contributed by atoms with Crippen LogP contribution in [0.4, 0.5) is 17.2 Å². The summed E-state index contributed by atoms with van der Waals surface area (Å²) in [6.45, 7) is 2.17. The molecule has 1 aromatic heterocycles. The molecule has 2 aromatic rings. The van der Waals surface area contributed by atoms with E-state index in [1.165, 1.54) is 12.3 Å². The number of piperazine rings is 1. The third kappa shape index (κ3) is 3.63. The van der Waals surface area contributed by atoms with E-state index in [0.717, 1.165) is 0 Å². The molecule has 3 rings (SSSR count). The summed E-state index contributed by atoms with van der Waals surface area (Å²) in [7, 11) is 0. The van der Waals surface area contributed by atoms with E-state index in [1.54, 1.807) is 29.2 Å². The number of pyridine rings is 1. The molecule has 2 heterocycles. The lowest BCUT2D eigenvalue weighted by Crippen LogP contribution is -2.49. The molecule has 1 aromatic carbocycles. The van der Waals surface area contributed by atoms with Gasteiger partial charge in [-0.05, 0) is 24.3 Å². The Hall–Kier alpha value is -2.87. The first kappa shape index (κ1) is 17.0. The largest absolute Gasteiger partial charge is 0.398 e. The number of carbonyl (C=O) groups is 1. The molecule has 1 aliphatic heterocycles. The minimum atomic E-state index is -0.483. The Labute approximate surface area is 149 Å². The van der Waals surface area contributed by atoms with E-state index in [2.05, 4.69) is 4.98 Å². The molecule has 1 aliphatic rings. The fourth-order valence-electron chi connectivity index (χ4n) is 2.70. The first-order valence-corrected chi connectivity index (χ1v) is 8.03. The number of rotatable bonds is 3. The van der Waals surface area contributed by atoms with Gasteiger partial charge < -0.3 is 15.5 Å². The molecule has 1 amide bonds. The quantitative estimate of drug-likeness (QED) is 0.510. The molecule has 0 atom stereocenters. The Kier molecular flexibility index (Phi) is 4.71. The Morgan fingerprint density at radius 2 is 1.92 bits per heavy atom. The number of amides is 1. The van der Waals surface area contributed by atoms with Crippen molar-refractivity contribution in [3.63, 3.8) is 0 Å². The summed E-state index contributed by atoms with van der Waals surface area (Å²) >= 11 is 5.95. The van der Waals surface area contributed by atoms with E-state index in [9.17, 15) is 14.9 Å². The van der Waals surface area contributed by atoms with Crippen molar-refractivity contribution in [1.82, 2.24) is 9.88 Å². The summed E-state index contributed by atoms with van der Waals surface area (Å²) in [6, 6.07) is 7.87. The van der Waals surface area contributed by atoms with Crippen LogP contribution in [0.2, 0.25) is 5.02 Å². The maximum Gasteiger partial charge on any atom is 0.287 e. The van der Waals surface area contributed by atoms with Crippen LogP contribution >= 0.6 is 11.6 Å². The van der Waals surface area contributed by atoms with Crippen molar-refractivity contribution in [2.45, 2.75) is 0 Å². The Morgan fingerprint density at radius 3 is 2.52 bits per heavy atom. The predicted octanol–water partition coefficient (Wildman–Crippen LogP) is 2.19. The average Bonchev–Trinajstić information content (AvgIpc) is 2.63. The van der Waals surface area contributed by atoms with E-state index >= 15 is 0 Å². The Bertz CT molecular complexity index is 804. The number of hydrogen-bond acceptors (Lipinski definition) is 6. The monoisotopic (exact) mass is 361 g/mol. The highest BCUT2D eigenvalue weighted by atomic mass is 35.5. The number of carbonyl (C=O) groups excluding carboxylic acids is 1. The number of benzene rings is 1. The standard InChI is InChI=1S/C16H16ClN5O3/c17-11-1-3-14(18)13(9-11)16(23)21-7-5-20(6-8-21)15-4-2-12(10-19-15)22(24)25/h1-4,9-10H,5-8,18H2. The Balaban J connectivity index is 1.66. The van der Waals surface area contributed by atoms with Gasteiger partial charge in [-0.3, -0.25) is 14.9 Å². The number of nitrogens with zero attached hydrogens (tertiary/aromatic N) is 4. The molecular weight excluding hydrogens is 346 g/mol. The van der Waals surface area contributed by atoms with Gasteiger partial charge in [-0.25, -0.2) is 4.98 Å². The molecule has 0 aliphatic carbocycles. The fraction of sp³-hybridized carbons (Fsp3) is 0.250. The molecule has 2 N–H and O–H groups in total. The molecular formula is C16H16ClN5O3. The van der Waals surface area contributed by atoms with Crippen LogP contribution in [-0.4, -0.2) is 46.9 Å². The van der Waals surface area contributed by atoms with Crippen LogP contribution in [-0.2, 0) is 0 Å². The van der Waals surface area contributed by atoms with Crippen molar-refractivity contribution >= 4 is 34.7 Å². The highest BCUT2D eigenvalue weighted by molar-refractivity contribution is 6.31. The zero-order valence-corrected chi connectivity index (χ0v) is 14.0. The average molecular weight is 362 g/mol. The number of nitrogen functional groups attached to an aromatic ring is 1. The summed E-state index contributed by atoms with van der Waals surface area (Å²) < 4.78 is 0. The highest BCUT2D eigenvalue weighted by Crippen LogP contribution is 2.22. The number of nitro groups is 1. The lowest BCUT2D eigenvalue weighted by Gasteiger charge is -2.35. The molecule has 9 heteroatoms. The summed E-state index contributed by atoms with van der Waals surface area (Å²) in [5, 5.41) is 11.1. The summed E-state index contributed by atoms with van der Waals surface area (Å²) in [4.78, 5) is 30.6. The molecule has 0 radical (unpaired) electrons. The van der Waals surface area contributed by atoms with E-state index in [4.69, 9.17) is 17.3 Å². The van der Waals surface area contributed by atoms with Crippen molar-refractivity contribution in [3.05, 3.63) is 57.2 Å². The molecule has 25 heavy (non-hydrogen) atoms. The zero-order chi connectivity index (χ0) is 18.0. The van der Waals surface area contributed by atoms with E-state index in [-0.39, 0.29) is 11.6 Å². The van der Waals surface area contributed by atoms with Crippen LogP contribution in [0.1, 0.15) is 10.4 Å². The normalized spacial score (nSPS) is 14.4. The molecule has 0 bridgehead atoms. The maximum absolute atomic E-state index is 12.6. The van der Waals surface area contributed by atoms with Gasteiger partial charge >= 0.3 is 0 Å². The van der Waals surface area contributed by atoms with Gasteiger partial charge in [0.1, 0.15) is 12.0 Å². The van der Waals surface area contributed by atoms with Gasteiger partial charge in [0.2, 0.25) is 0 Å². The lowest BCUT2D eigenvalue weighted by atomic mass is 10.1. The van der Waals surface area contributed by atoms with Crippen molar-refractivity contribution in [1.29, 1.82) is 0 Å². The van der Waals surface area contributed by atoms with E-state index < -0.39 is 4.92 Å². The summed E-state index contributed by atoms with van der Waals surface area (Å²) in [5.41, 5.74) is 6.62. The SMILES string of the molecule is Nc1ccc(Cl)cc1C(=O)N1CCN(c2ccc([N+](=O)[O-])cn2)CC1. The minimum Gasteiger partial charge on any atom is -0.398 e. The molecule has 8 nitrogen and oxygen atoms in total. The lowest BCUT2D eigenvalue weighted by molar-refractivity contribution is -0.385. The van der Waals surface area contributed by atoms with Gasteiger partial charge in [0, 0.05) is 43.0 Å². The Morgan fingerprint density at radius 1 is 1.20 bits per heavy atom.